The normalized spacial score (nSPS) is 10.8. The lowest BCUT2D eigenvalue weighted by atomic mass is 10.3. The lowest BCUT2D eigenvalue weighted by molar-refractivity contribution is -0.121. The summed E-state index contributed by atoms with van der Waals surface area (Å²) in [6, 6.07) is 18.0. The third kappa shape index (κ3) is 4.79. The molecule has 1 amide bonds. The topological polar surface area (TPSA) is 59.0 Å². The van der Waals surface area contributed by atoms with Crippen LogP contribution in [-0.4, -0.2) is 34.8 Å². The van der Waals surface area contributed by atoms with E-state index in [0.29, 0.717) is 13.1 Å². The number of nitrogens with one attached hydrogen (secondary N) is 2. The molecule has 0 aliphatic rings. The van der Waals surface area contributed by atoms with Crippen LogP contribution < -0.4 is 10.6 Å². The highest BCUT2D eigenvalue weighted by atomic mass is 32.2. The van der Waals surface area contributed by atoms with E-state index in [2.05, 4.69) is 15.6 Å². The predicted octanol–water partition coefficient (Wildman–Crippen LogP) is 3.52. The number of hydrogen-bond acceptors (Lipinski definition) is 4. The van der Waals surface area contributed by atoms with Crippen LogP contribution in [0.1, 0.15) is 12.2 Å². The van der Waals surface area contributed by atoms with E-state index in [9.17, 15) is 4.79 Å². The largest absolute Gasteiger partial charge is 0.385 e. The van der Waals surface area contributed by atoms with Crippen LogP contribution in [0.4, 0.5) is 5.69 Å². The number of para-hydroxylation sites is 3. The molecule has 0 aliphatic heterocycles. The fraction of sp³-hybridized carbons (Fsp3) is 0.300. The minimum Gasteiger partial charge on any atom is -0.385 e. The lowest BCUT2D eigenvalue weighted by Crippen LogP contribution is -2.29. The molecule has 0 radical (unpaired) electrons. The van der Waals surface area contributed by atoms with Gasteiger partial charge < -0.3 is 15.2 Å². The smallest absolute Gasteiger partial charge is 0.240 e. The molecule has 0 atom stereocenters. The second-order valence-corrected chi connectivity index (χ2v) is 6.90. The number of thioether (sulfide) groups is 1. The number of benzene rings is 2. The molecule has 0 saturated heterocycles. The van der Waals surface area contributed by atoms with E-state index in [4.69, 9.17) is 0 Å². The number of imidazole rings is 1. The van der Waals surface area contributed by atoms with Crippen LogP contribution in [0.2, 0.25) is 0 Å². The van der Waals surface area contributed by atoms with Gasteiger partial charge in [-0.25, -0.2) is 4.98 Å². The number of anilines is 1. The number of aromatic nitrogens is 2. The van der Waals surface area contributed by atoms with Gasteiger partial charge in [-0.2, -0.15) is 11.8 Å². The Morgan fingerprint density at radius 1 is 1.08 bits per heavy atom. The van der Waals surface area contributed by atoms with Gasteiger partial charge in [0.15, 0.2) is 0 Å². The Kier molecular flexibility index (Phi) is 6.55. The Morgan fingerprint density at radius 3 is 2.65 bits per heavy atom. The maximum atomic E-state index is 12.4. The van der Waals surface area contributed by atoms with Crippen LogP contribution in [0.5, 0.6) is 0 Å². The SMILES string of the molecule is CSCc1nc2ccccc2n1CC(=O)NCCCNc1ccccc1. The summed E-state index contributed by atoms with van der Waals surface area (Å²) in [4.78, 5) is 17.0. The number of carbonyl (C=O) groups is 1. The van der Waals surface area contributed by atoms with Crippen LogP contribution in [0, 0.1) is 0 Å². The van der Waals surface area contributed by atoms with E-state index in [1.807, 2.05) is 65.4 Å². The molecule has 3 rings (SSSR count). The van der Waals surface area contributed by atoms with Gasteiger partial charge in [0.25, 0.3) is 0 Å². The third-order valence-electron chi connectivity index (χ3n) is 4.09. The van der Waals surface area contributed by atoms with Gasteiger partial charge in [0.05, 0.1) is 16.8 Å². The first-order valence-electron chi connectivity index (χ1n) is 8.76. The van der Waals surface area contributed by atoms with Gasteiger partial charge in [-0.15, -0.1) is 0 Å². The molecule has 0 aliphatic carbocycles. The number of amides is 1. The van der Waals surface area contributed by atoms with E-state index >= 15 is 0 Å². The quantitative estimate of drug-likeness (QED) is 0.568. The van der Waals surface area contributed by atoms with Gasteiger partial charge in [0.1, 0.15) is 12.4 Å². The first-order chi connectivity index (χ1) is 12.8. The van der Waals surface area contributed by atoms with Crippen LogP contribution in [0.3, 0.4) is 0 Å². The summed E-state index contributed by atoms with van der Waals surface area (Å²) >= 11 is 1.71. The number of rotatable bonds is 9. The monoisotopic (exact) mass is 368 g/mol. The molecule has 136 valence electrons. The highest BCUT2D eigenvalue weighted by Crippen LogP contribution is 2.18. The standard InChI is InChI=1S/C20H24N4OS/c1-26-15-19-23-17-10-5-6-11-18(17)24(19)14-20(25)22-13-7-12-21-16-8-3-2-4-9-16/h2-6,8-11,21H,7,12-15H2,1H3,(H,22,25). The number of nitrogens with zero attached hydrogens (tertiary/aromatic N) is 2. The van der Waals surface area contributed by atoms with Gasteiger partial charge >= 0.3 is 0 Å². The van der Waals surface area contributed by atoms with Crippen molar-refractivity contribution < 1.29 is 4.79 Å². The first-order valence-corrected chi connectivity index (χ1v) is 10.2. The van der Waals surface area contributed by atoms with Gasteiger partial charge in [0, 0.05) is 18.8 Å². The Labute approximate surface area is 158 Å². The molecular weight excluding hydrogens is 344 g/mol. The van der Waals surface area contributed by atoms with Crippen molar-refractivity contribution in [1.82, 2.24) is 14.9 Å². The molecule has 0 spiro atoms. The summed E-state index contributed by atoms with van der Waals surface area (Å²) in [5.74, 6) is 1.76. The first kappa shape index (κ1) is 18.3. The highest BCUT2D eigenvalue weighted by Gasteiger charge is 2.12. The average Bonchev–Trinajstić information content (AvgIpc) is 3.00. The second-order valence-electron chi connectivity index (χ2n) is 6.03. The minimum atomic E-state index is 0.0233. The van der Waals surface area contributed by atoms with Crippen molar-refractivity contribution in [2.24, 2.45) is 0 Å². The van der Waals surface area contributed by atoms with Gasteiger partial charge in [-0.3, -0.25) is 4.79 Å². The Bertz CT molecular complexity index is 847. The van der Waals surface area contributed by atoms with Crippen LogP contribution >= 0.6 is 11.8 Å². The molecule has 1 heterocycles. The van der Waals surface area contributed by atoms with Crippen molar-refractivity contribution in [3.63, 3.8) is 0 Å². The minimum absolute atomic E-state index is 0.0233. The van der Waals surface area contributed by atoms with Crippen molar-refractivity contribution >= 4 is 34.4 Å². The van der Waals surface area contributed by atoms with E-state index in [-0.39, 0.29) is 5.91 Å². The van der Waals surface area contributed by atoms with E-state index in [1.165, 1.54) is 0 Å². The molecule has 0 saturated carbocycles. The molecule has 1 aromatic heterocycles. The fourth-order valence-electron chi connectivity index (χ4n) is 2.85. The molecule has 0 unspecified atom stereocenters. The zero-order valence-electron chi connectivity index (χ0n) is 14.9. The number of fused-ring (bicyclic) bond motifs is 1. The Balaban J connectivity index is 1.50. The van der Waals surface area contributed by atoms with Crippen molar-refractivity contribution in [2.75, 3.05) is 24.7 Å². The van der Waals surface area contributed by atoms with Crippen molar-refractivity contribution in [1.29, 1.82) is 0 Å². The van der Waals surface area contributed by atoms with Crippen LogP contribution in [-0.2, 0) is 17.1 Å². The summed E-state index contributed by atoms with van der Waals surface area (Å²) in [5.41, 5.74) is 3.05. The molecule has 0 fully saturated rings. The molecule has 26 heavy (non-hydrogen) atoms. The van der Waals surface area contributed by atoms with E-state index < -0.39 is 0 Å². The Hall–Kier alpha value is -2.47. The van der Waals surface area contributed by atoms with E-state index in [1.54, 1.807) is 11.8 Å². The van der Waals surface area contributed by atoms with Crippen molar-refractivity contribution in [2.45, 2.75) is 18.7 Å². The summed E-state index contributed by atoms with van der Waals surface area (Å²) in [7, 11) is 0. The fourth-order valence-corrected chi connectivity index (χ4v) is 3.32. The molecule has 3 aromatic rings. The second kappa shape index (κ2) is 9.29. The average molecular weight is 369 g/mol. The lowest BCUT2D eigenvalue weighted by Gasteiger charge is -2.10. The van der Waals surface area contributed by atoms with Crippen LogP contribution in [0.15, 0.2) is 54.6 Å². The predicted molar refractivity (Wildman–Crippen MR) is 110 cm³/mol. The molecule has 0 bridgehead atoms. The third-order valence-corrected chi connectivity index (χ3v) is 4.63. The molecule has 2 aromatic carbocycles. The zero-order valence-corrected chi connectivity index (χ0v) is 15.8. The van der Waals surface area contributed by atoms with Crippen molar-refractivity contribution in [3.8, 4) is 0 Å². The molecular formula is C20H24N4OS. The number of hydrogen-bond donors (Lipinski definition) is 2. The Morgan fingerprint density at radius 2 is 1.85 bits per heavy atom. The maximum absolute atomic E-state index is 12.4. The van der Waals surface area contributed by atoms with E-state index in [0.717, 1.165) is 41.3 Å². The molecule has 2 N–H and O–H groups in total. The number of carbonyl (C=O) groups excluding carboxylic acids is 1. The van der Waals surface area contributed by atoms with Gasteiger partial charge in [0.2, 0.25) is 5.91 Å². The maximum Gasteiger partial charge on any atom is 0.240 e. The molecule has 5 nitrogen and oxygen atoms in total. The summed E-state index contributed by atoms with van der Waals surface area (Å²) in [6.07, 6.45) is 2.92. The van der Waals surface area contributed by atoms with Crippen LogP contribution in [0.25, 0.3) is 11.0 Å². The zero-order chi connectivity index (χ0) is 18.2. The van der Waals surface area contributed by atoms with Gasteiger partial charge in [-0.1, -0.05) is 30.3 Å². The highest BCUT2D eigenvalue weighted by molar-refractivity contribution is 7.97. The summed E-state index contributed by atoms with van der Waals surface area (Å²) in [5, 5.41) is 6.35. The van der Waals surface area contributed by atoms with Gasteiger partial charge in [-0.05, 0) is 36.9 Å². The summed E-state index contributed by atoms with van der Waals surface area (Å²) < 4.78 is 2.02. The summed E-state index contributed by atoms with van der Waals surface area (Å²) in [6.45, 7) is 1.79. The van der Waals surface area contributed by atoms with Crippen molar-refractivity contribution in [3.05, 3.63) is 60.4 Å². The molecule has 6 heteroatoms.